The summed E-state index contributed by atoms with van der Waals surface area (Å²) < 4.78 is 13.1. The van der Waals surface area contributed by atoms with E-state index in [4.69, 9.17) is 0 Å². The molecule has 4 nitrogen and oxygen atoms in total. The van der Waals surface area contributed by atoms with Crippen LogP contribution in [0.1, 0.15) is 12.8 Å². The van der Waals surface area contributed by atoms with Crippen LogP contribution in [0.4, 0.5) is 14.9 Å². The largest absolute Gasteiger partial charge is 0.380 e. The van der Waals surface area contributed by atoms with Gasteiger partial charge in [-0.05, 0) is 31.0 Å². The highest BCUT2D eigenvalue weighted by Gasteiger charge is 2.23. The van der Waals surface area contributed by atoms with E-state index in [0.29, 0.717) is 13.1 Å². The molecule has 108 valence electrons. The Balaban J connectivity index is 1.90. The maximum Gasteiger partial charge on any atom is 0.317 e. The van der Waals surface area contributed by atoms with Gasteiger partial charge in [0, 0.05) is 31.4 Å². The predicted molar refractivity (Wildman–Crippen MR) is 78.2 cm³/mol. The van der Waals surface area contributed by atoms with Crippen molar-refractivity contribution in [2.75, 3.05) is 25.0 Å². The Labute approximate surface area is 118 Å². The third kappa shape index (κ3) is 3.98. The average Bonchev–Trinajstić information content (AvgIpc) is 2.45. The summed E-state index contributed by atoms with van der Waals surface area (Å²) in [5.41, 5.74) is 0.753. The van der Waals surface area contributed by atoms with Crippen molar-refractivity contribution in [3.05, 3.63) is 42.7 Å². The van der Waals surface area contributed by atoms with Crippen LogP contribution in [-0.4, -0.2) is 36.6 Å². The van der Waals surface area contributed by atoms with Gasteiger partial charge in [0.25, 0.3) is 0 Å². The van der Waals surface area contributed by atoms with E-state index in [1.807, 2.05) is 6.07 Å². The molecule has 0 radical (unpaired) electrons. The third-order valence-corrected chi connectivity index (χ3v) is 3.30. The molecule has 1 fully saturated rings. The first-order valence-electron chi connectivity index (χ1n) is 6.85. The van der Waals surface area contributed by atoms with Crippen LogP contribution < -0.4 is 10.6 Å². The van der Waals surface area contributed by atoms with Crippen LogP contribution in [-0.2, 0) is 0 Å². The molecule has 0 saturated carbocycles. The smallest absolute Gasteiger partial charge is 0.317 e. The summed E-state index contributed by atoms with van der Waals surface area (Å²) in [6, 6.07) is 6.47. The first-order chi connectivity index (χ1) is 9.69. The van der Waals surface area contributed by atoms with Gasteiger partial charge >= 0.3 is 6.03 Å². The van der Waals surface area contributed by atoms with E-state index in [1.54, 1.807) is 17.0 Å². The summed E-state index contributed by atoms with van der Waals surface area (Å²) in [5.74, 6) is -0.258. The lowest BCUT2D eigenvalue weighted by Gasteiger charge is -2.33. The SMILES string of the molecule is C=CCNC(=O)N1CCCC(Nc2cccc(F)c2)C1. The maximum atomic E-state index is 13.1. The molecule has 0 bridgehead atoms. The highest BCUT2D eigenvalue weighted by atomic mass is 19.1. The number of nitrogens with one attached hydrogen (secondary N) is 2. The second kappa shape index (κ2) is 6.93. The van der Waals surface area contributed by atoms with Gasteiger partial charge in [-0.1, -0.05) is 12.1 Å². The topological polar surface area (TPSA) is 44.4 Å². The van der Waals surface area contributed by atoms with Crippen molar-refractivity contribution >= 4 is 11.7 Å². The number of benzene rings is 1. The van der Waals surface area contributed by atoms with E-state index < -0.39 is 0 Å². The van der Waals surface area contributed by atoms with Crippen LogP contribution in [0, 0.1) is 5.82 Å². The molecule has 1 atom stereocenters. The van der Waals surface area contributed by atoms with Crippen LogP contribution in [0.15, 0.2) is 36.9 Å². The van der Waals surface area contributed by atoms with Crippen molar-refractivity contribution < 1.29 is 9.18 Å². The van der Waals surface area contributed by atoms with Gasteiger partial charge in [0.1, 0.15) is 5.82 Å². The Morgan fingerprint density at radius 2 is 2.40 bits per heavy atom. The molecule has 2 N–H and O–H groups in total. The minimum Gasteiger partial charge on any atom is -0.380 e. The summed E-state index contributed by atoms with van der Waals surface area (Å²) in [4.78, 5) is 13.7. The Kier molecular flexibility index (Phi) is 4.98. The van der Waals surface area contributed by atoms with Crippen LogP contribution >= 0.6 is 0 Å². The Morgan fingerprint density at radius 1 is 1.55 bits per heavy atom. The molecule has 0 aliphatic carbocycles. The minimum absolute atomic E-state index is 0.0735. The highest BCUT2D eigenvalue weighted by Crippen LogP contribution is 2.17. The molecule has 1 aliphatic heterocycles. The standard InChI is InChI=1S/C15H20FN3O/c1-2-8-17-15(20)19-9-4-7-14(11-19)18-13-6-3-5-12(16)10-13/h2-3,5-6,10,14,18H,1,4,7-9,11H2,(H,17,20). The van der Waals surface area contributed by atoms with Crippen molar-refractivity contribution in [3.63, 3.8) is 0 Å². The summed E-state index contributed by atoms with van der Waals surface area (Å²) in [7, 11) is 0. The average molecular weight is 277 g/mol. The molecule has 1 aromatic rings. The molecule has 1 aliphatic rings. The van der Waals surface area contributed by atoms with E-state index in [2.05, 4.69) is 17.2 Å². The van der Waals surface area contributed by atoms with E-state index in [-0.39, 0.29) is 17.9 Å². The summed E-state index contributed by atoms with van der Waals surface area (Å²) >= 11 is 0. The minimum atomic E-state index is -0.258. The van der Waals surface area contributed by atoms with Gasteiger partial charge in [0.15, 0.2) is 0 Å². The number of carbonyl (C=O) groups excluding carboxylic acids is 1. The summed E-state index contributed by atoms with van der Waals surface area (Å²) in [6.45, 7) is 5.42. The van der Waals surface area contributed by atoms with Crippen molar-refractivity contribution in [1.82, 2.24) is 10.2 Å². The lowest BCUT2D eigenvalue weighted by Crippen LogP contribution is -2.49. The van der Waals surface area contributed by atoms with Gasteiger partial charge < -0.3 is 15.5 Å². The normalized spacial score (nSPS) is 18.4. The van der Waals surface area contributed by atoms with Crippen molar-refractivity contribution in [2.24, 2.45) is 0 Å². The number of anilines is 1. The Bertz CT molecular complexity index is 478. The van der Waals surface area contributed by atoms with Crippen molar-refractivity contribution in [3.8, 4) is 0 Å². The molecule has 20 heavy (non-hydrogen) atoms. The quantitative estimate of drug-likeness (QED) is 0.831. The van der Waals surface area contributed by atoms with Crippen molar-refractivity contribution in [1.29, 1.82) is 0 Å². The number of urea groups is 1. The zero-order valence-electron chi connectivity index (χ0n) is 11.4. The molecule has 0 aromatic heterocycles. The van der Waals surface area contributed by atoms with Gasteiger partial charge in [-0.15, -0.1) is 6.58 Å². The first kappa shape index (κ1) is 14.4. The van der Waals surface area contributed by atoms with Crippen LogP contribution in [0.5, 0.6) is 0 Å². The second-order valence-electron chi connectivity index (χ2n) is 4.91. The summed E-state index contributed by atoms with van der Waals surface area (Å²) in [5, 5.41) is 6.06. The number of carbonyl (C=O) groups is 1. The number of likely N-dealkylation sites (tertiary alicyclic amines) is 1. The molecule has 0 spiro atoms. The fraction of sp³-hybridized carbons (Fsp3) is 0.400. The van der Waals surface area contributed by atoms with E-state index in [9.17, 15) is 9.18 Å². The monoisotopic (exact) mass is 277 g/mol. The molecule has 2 amide bonds. The molecule has 1 saturated heterocycles. The molecular formula is C15H20FN3O. The predicted octanol–water partition coefficient (Wildman–Crippen LogP) is 2.60. The molecule has 5 heteroatoms. The van der Waals surface area contributed by atoms with Gasteiger partial charge in [-0.2, -0.15) is 0 Å². The molecule has 1 aromatic carbocycles. The van der Waals surface area contributed by atoms with E-state index >= 15 is 0 Å². The van der Waals surface area contributed by atoms with Gasteiger partial charge in [0.2, 0.25) is 0 Å². The third-order valence-electron chi connectivity index (χ3n) is 3.30. The molecular weight excluding hydrogens is 257 g/mol. The number of hydrogen-bond acceptors (Lipinski definition) is 2. The fourth-order valence-electron chi connectivity index (χ4n) is 2.36. The van der Waals surface area contributed by atoms with Gasteiger partial charge in [0.05, 0.1) is 0 Å². The van der Waals surface area contributed by atoms with Crippen LogP contribution in [0.2, 0.25) is 0 Å². The van der Waals surface area contributed by atoms with Gasteiger partial charge in [-0.25, -0.2) is 9.18 Å². The summed E-state index contributed by atoms with van der Waals surface area (Å²) in [6.07, 6.45) is 3.57. The lowest BCUT2D eigenvalue weighted by molar-refractivity contribution is 0.183. The number of nitrogens with zero attached hydrogens (tertiary/aromatic N) is 1. The van der Waals surface area contributed by atoms with Crippen LogP contribution in [0.25, 0.3) is 0 Å². The molecule has 1 heterocycles. The second-order valence-corrected chi connectivity index (χ2v) is 4.91. The number of hydrogen-bond donors (Lipinski definition) is 2. The van der Waals surface area contributed by atoms with Crippen molar-refractivity contribution in [2.45, 2.75) is 18.9 Å². The first-order valence-corrected chi connectivity index (χ1v) is 6.85. The van der Waals surface area contributed by atoms with E-state index in [0.717, 1.165) is 25.1 Å². The zero-order valence-corrected chi connectivity index (χ0v) is 11.4. The van der Waals surface area contributed by atoms with E-state index in [1.165, 1.54) is 12.1 Å². The Hall–Kier alpha value is -2.04. The zero-order chi connectivity index (χ0) is 14.4. The van der Waals surface area contributed by atoms with Crippen LogP contribution in [0.3, 0.4) is 0 Å². The number of amides is 2. The lowest BCUT2D eigenvalue weighted by atomic mass is 10.1. The maximum absolute atomic E-state index is 13.1. The number of halogens is 1. The fourth-order valence-corrected chi connectivity index (χ4v) is 2.36. The van der Waals surface area contributed by atoms with Gasteiger partial charge in [-0.3, -0.25) is 0 Å². The Morgan fingerprint density at radius 3 is 3.15 bits per heavy atom. The highest BCUT2D eigenvalue weighted by molar-refractivity contribution is 5.74. The molecule has 1 unspecified atom stereocenters. The number of rotatable bonds is 4. The number of piperidine rings is 1. The molecule has 2 rings (SSSR count).